The van der Waals surface area contributed by atoms with Crippen molar-refractivity contribution in [2.75, 3.05) is 6.54 Å². The first-order chi connectivity index (χ1) is 6.40. The molecule has 0 spiro atoms. The van der Waals surface area contributed by atoms with Crippen LogP contribution < -0.4 is 11.1 Å². The highest BCUT2D eigenvalue weighted by Gasteiger charge is 2.24. The minimum atomic E-state index is -0.710. The van der Waals surface area contributed by atoms with Gasteiger partial charge in [0, 0.05) is 6.54 Å². The van der Waals surface area contributed by atoms with Gasteiger partial charge in [-0.05, 0) is 32.1 Å². The third-order valence-electron chi connectivity index (χ3n) is 2.50. The maximum atomic E-state index is 11.5. The van der Waals surface area contributed by atoms with Gasteiger partial charge in [-0.25, -0.2) is 0 Å². The van der Waals surface area contributed by atoms with Gasteiger partial charge in [0.05, 0.1) is 5.54 Å². The minimum Gasteiger partial charge on any atom is -0.355 e. The molecule has 1 unspecified atom stereocenters. The van der Waals surface area contributed by atoms with Gasteiger partial charge in [0.1, 0.15) is 0 Å². The summed E-state index contributed by atoms with van der Waals surface area (Å²) in [5.41, 5.74) is 5.08. The molecular weight excluding hydrogens is 176 g/mol. The van der Waals surface area contributed by atoms with Gasteiger partial charge >= 0.3 is 0 Å². The van der Waals surface area contributed by atoms with Crippen molar-refractivity contribution in [2.45, 2.75) is 52.5 Å². The molecule has 3 N–H and O–H groups in total. The highest BCUT2D eigenvalue weighted by Crippen LogP contribution is 2.05. The zero-order valence-electron chi connectivity index (χ0n) is 9.89. The molecule has 0 rings (SSSR count). The molecule has 0 heterocycles. The van der Waals surface area contributed by atoms with Crippen molar-refractivity contribution in [2.24, 2.45) is 11.7 Å². The van der Waals surface area contributed by atoms with Gasteiger partial charge in [0.15, 0.2) is 0 Å². The van der Waals surface area contributed by atoms with E-state index in [1.54, 1.807) is 6.92 Å². The number of rotatable bonds is 6. The Morgan fingerprint density at radius 3 is 2.50 bits per heavy atom. The van der Waals surface area contributed by atoms with Gasteiger partial charge in [-0.2, -0.15) is 0 Å². The molecule has 0 aliphatic heterocycles. The second kappa shape index (κ2) is 6.02. The Balaban J connectivity index is 3.64. The lowest BCUT2D eigenvalue weighted by molar-refractivity contribution is -0.125. The molecule has 0 aromatic carbocycles. The van der Waals surface area contributed by atoms with E-state index >= 15 is 0 Å². The predicted molar refractivity (Wildman–Crippen MR) is 60.0 cm³/mol. The molecule has 84 valence electrons. The Labute approximate surface area is 87.4 Å². The van der Waals surface area contributed by atoms with Gasteiger partial charge in [-0.15, -0.1) is 0 Å². The van der Waals surface area contributed by atoms with Crippen LogP contribution in [0, 0.1) is 5.92 Å². The second-order valence-corrected chi connectivity index (χ2v) is 4.56. The summed E-state index contributed by atoms with van der Waals surface area (Å²) in [5, 5.41) is 2.87. The Kier molecular flexibility index (Phi) is 5.77. The highest BCUT2D eigenvalue weighted by molar-refractivity contribution is 5.85. The third-order valence-corrected chi connectivity index (χ3v) is 2.50. The largest absolute Gasteiger partial charge is 0.355 e. The number of carbonyl (C=O) groups is 1. The molecular formula is C11H24N2O. The molecule has 0 aliphatic carbocycles. The number of hydrogen-bond donors (Lipinski definition) is 2. The summed E-state index contributed by atoms with van der Waals surface area (Å²) in [7, 11) is 0. The molecule has 3 heteroatoms. The van der Waals surface area contributed by atoms with E-state index in [2.05, 4.69) is 19.2 Å². The van der Waals surface area contributed by atoms with Gasteiger partial charge in [0.2, 0.25) is 5.91 Å². The summed E-state index contributed by atoms with van der Waals surface area (Å²) in [5.74, 6) is 0.658. The molecule has 14 heavy (non-hydrogen) atoms. The maximum absolute atomic E-state index is 11.5. The van der Waals surface area contributed by atoms with Crippen molar-refractivity contribution in [3.05, 3.63) is 0 Å². The number of nitrogens with two attached hydrogens (primary N) is 1. The Hall–Kier alpha value is -0.570. The predicted octanol–water partition coefficient (Wildman–Crippen LogP) is 1.67. The molecule has 0 fully saturated rings. The second-order valence-electron chi connectivity index (χ2n) is 4.56. The summed E-state index contributed by atoms with van der Waals surface area (Å²) in [6, 6.07) is 0. The van der Waals surface area contributed by atoms with Crippen molar-refractivity contribution in [1.29, 1.82) is 0 Å². The van der Waals surface area contributed by atoms with E-state index in [-0.39, 0.29) is 5.91 Å². The van der Waals surface area contributed by atoms with E-state index in [9.17, 15) is 4.79 Å². The van der Waals surface area contributed by atoms with Crippen molar-refractivity contribution in [3.63, 3.8) is 0 Å². The first kappa shape index (κ1) is 13.4. The molecule has 1 amide bonds. The number of carbonyl (C=O) groups excluding carboxylic acids is 1. The molecule has 0 bridgehead atoms. The van der Waals surface area contributed by atoms with Crippen molar-refractivity contribution < 1.29 is 4.79 Å². The number of hydrogen-bond acceptors (Lipinski definition) is 2. The Morgan fingerprint density at radius 1 is 1.50 bits per heavy atom. The summed E-state index contributed by atoms with van der Waals surface area (Å²) in [6.45, 7) is 8.80. The SMILES string of the molecule is CCC(C)(N)C(=O)NCCCC(C)C. The fourth-order valence-corrected chi connectivity index (χ4v) is 1.07. The first-order valence-corrected chi connectivity index (χ1v) is 5.47. The Bertz CT molecular complexity index is 176. The smallest absolute Gasteiger partial charge is 0.239 e. The maximum Gasteiger partial charge on any atom is 0.239 e. The first-order valence-electron chi connectivity index (χ1n) is 5.47. The van der Waals surface area contributed by atoms with Gasteiger partial charge < -0.3 is 11.1 Å². The molecule has 0 aromatic heterocycles. The van der Waals surface area contributed by atoms with Crippen LogP contribution in [-0.4, -0.2) is 18.0 Å². The van der Waals surface area contributed by atoms with E-state index in [1.807, 2.05) is 6.92 Å². The highest BCUT2D eigenvalue weighted by atomic mass is 16.2. The number of amides is 1. The van der Waals surface area contributed by atoms with Crippen LogP contribution in [-0.2, 0) is 4.79 Å². The van der Waals surface area contributed by atoms with Crippen molar-refractivity contribution >= 4 is 5.91 Å². The standard InChI is InChI=1S/C11H24N2O/c1-5-11(4,12)10(14)13-8-6-7-9(2)3/h9H,5-8,12H2,1-4H3,(H,13,14). The molecule has 0 aliphatic rings. The fraction of sp³-hybridized carbons (Fsp3) is 0.909. The van der Waals surface area contributed by atoms with Crippen LogP contribution in [0.3, 0.4) is 0 Å². The van der Waals surface area contributed by atoms with Crippen LogP contribution in [0.25, 0.3) is 0 Å². The van der Waals surface area contributed by atoms with E-state index in [4.69, 9.17) is 5.73 Å². The van der Waals surface area contributed by atoms with Crippen LogP contribution in [0.5, 0.6) is 0 Å². The molecule has 3 nitrogen and oxygen atoms in total. The van der Waals surface area contributed by atoms with Crippen LogP contribution >= 0.6 is 0 Å². The van der Waals surface area contributed by atoms with E-state index < -0.39 is 5.54 Å². The summed E-state index contributed by atoms with van der Waals surface area (Å²) < 4.78 is 0. The average Bonchev–Trinajstić information content (AvgIpc) is 2.11. The summed E-state index contributed by atoms with van der Waals surface area (Å²) >= 11 is 0. The lowest BCUT2D eigenvalue weighted by Crippen LogP contribution is -2.51. The molecule has 0 radical (unpaired) electrons. The monoisotopic (exact) mass is 200 g/mol. The summed E-state index contributed by atoms with van der Waals surface area (Å²) in [6.07, 6.45) is 2.85. The van der Waals surface area contributed by atoms with Crippen LogP contribution in [0.1, 0.15) is 47.0 Å². The lowest BCUT2D eigenvalue weighted by atomic mass is 9.99. The summed E-state index contributed by atoms with van der Waals surface area (Å²) in [4.78, 5) is 11.5. The normalized spacial score (nSPS) is 15.3. The minimum absolute atomic E-state index is 0.0382. The Morgan fingerprint density at radius 2 is 2.07 bits per heavy atom. The quantitative estimate of drug-likeness (QED) is 0.641. The van der Waals surface area contributed by atoms with E-state index in [0.29, 0.717) is 12.3 Å². The number of nitrogens with one attached hydrogen (secondary N) is 1. The van der Waals surface area contributed by atoms with Crippen LogP contribution in [0.4, 0.5) is 0 Å². The van der Waals surface area contributed by atoms with Crippen molar-refractivity contribution in [3.8, 4) is 0 Å². The molecule has 1 atom stereocenters. The third kappa shape index (κ3) is 5.22. The fourth-order valence-electron chi connectivity index (χ4n) is 1.07. The zero-order valence-corrected chi connectivity index (χ0v) is 9.89. The topological polar surface area (TPSA) is 55.1 Å². The van der Waals surface area contributed by atoms with Crippen LogP contribution in [0.15, 0.2) is 0 Å². The van der Waals surface area contributed by atoms with E-state index in [1.165, 1.54) is 0 Å². The van der Waals surface area contributed by atoms with Gasteiger partial charge in [-0.3, -0.25) is 4.79 Å². The molecule has 0 aromatic rings. The lowest BCUT2D eigenvalue weighted by Gasteiger charge is -2.21. The zero-order chi connectivity index (χ0) is 11.2. The average molecular weight is 200 g/mol. The molecule has 0 saturated heterocycles. The van der Waals surface area contributed by atoms with E-state index in [0.717, 1.165) is 19.4 Å². The van der Waals surface area contributed by atoms with Crippen molar-refractivity contribution in [1.82, 2.24) is 5.32 Å². The van der Waals surface area contributed by atoms with Crippen LogP contribution in [0.2, 0.25) is 0 Å². The van der Waals surface area contributed by atoms with Gasteiger partial charge in [-0.1, -0.05) is 20.8 Å². The van der Waals surface area contributed by atoms with Gasteiger partial charge in [0.25, 0.3) is 0 Å². The molecule has 0 saturated carbocycles.